The summed E-state index contributed by atoms with van der Waals surface area (Å²) in [5.74, 6) is 2.13. The van der Waals surface area contributed by atoms with Crippen molar-refractivity contribution in [3.63, 3.8) is 0 Å². The average molecular weight is 396 g/mol. The van der Waals surface area contributed by atoms with Crippen LogP contribution in [0.1, 0.15) is 31.5 Å². The SMILES string of the molecule is O=C(Cc1nc(-c2cccnc2)n[nH]1)N1C[C@H]2C[C@@H](N3CCCC3)[C@H](O)C[C@H]2C1. The Labute approximate surface area is 170 Å². The third-order valence-electron chi connectivity index (χ3n) is 6.84. The molecule has 2 aromatic heterocycles. The van der Waals surface area contributed by atoms with E-state index in [4.69, 9.17) is 0 Å². The van der Waals surface area contributed by atoms with Crippen LogP contribution in [0.15, 0.2) is 24.5 Å². The van der Waals surface area contributed by atoms with Gasteiger partial charge in [0.05, 0.1) is 12.5 Å². The fraction of sp³-hybridized carbons (Fsp3) is 0.619. The number of rotatable bonds is 4. The van der Waals surface area contributed by atoms with E-state index in [0.717, 1.165) is 44.6 Å². The molecule has 1 aliphatic carbocycles. The van der Waals surface area contributed by atoms with E-state index in [0.29, 0.717) is 23.5 Å². The van der Waals surface area contributed by atoms with Gasteiger partial charge in [0.25, 0.3) is 0 Å². The largest absolute Gasteiger partial charge is 0.391 e. The lowest BCUT2D eigenvalue weighted by molar-refractivity contribution is -0.129. The Morgan fingerprint density at radius 2 is 2.00 bits per heavy atom. The molecule has 1 saturated carbocycles. The molecule has 0 bridgehead atoms. The molecule has 5 rings (SSSR count). The van der Waals surface area contributed by atoms with Crippen LogP contribution in [0, 0.1) is 11.8 Å². The number of hydrogen-bond acceptors (Lipinski definition) is 6. The Morgan fingerprint density at radius 1 is 1.21 bits per heavy atom. The van der Waals surface area contributed by atoms with E-state index in [-0.39, 0.29) is 24.5 Å². The van der Waals surface area contributed by atoms with Gasteiger partial charge in [0.15, 0.2) is 5.82 Å². The molecule has 2 aliphatic heterocycles. The Balaban J connectivity index is 1.20. The fourth-order valence-corrected chi connectivity index (χ4v) is 5.33. The first kappa shape index (κ1) is 18.7. The van der Waals surface area contributed by atoms with Crippen molar-refractivity contribution in [2.24, 2.45) is 11.8 Å². The van der Waals surface area contributed by atoms with Crippen molar-refractivity contribution in [2.45, 2.75) is 44.2 Å². The fourth-order valence-electron chi connectivity index (χ4n) is 5.33. The van der Waals surface area contributed by atoms with E-state index in [1.165, 1.54) is 12.8 Å². The van der Waals surface area contributed by atoms with Gasteiger partial charge < -0.3 is 10.0 Å². The molecule has 2 saturated heterocycles. The van der Waals surface area contributed by atoms with Gasteiger partial charge in [-0.2, -0.15) is 5.10 Å². The minimum Gasteiger partial charge on any atom is -0.391 e. The monoisotopic (exact) mass is 396 g/mol. The van der Waals surface area contributed by atoms with Gasteiger partial charge in [-0.25, -0.2) is 4.98 Å². The molecular formula is C21H28N6O2. The predicted octanol–water partition coefficient (Wildman–Crippen LogP) is 1.10. The molecule has 4 heterocycles. The third kappa shape index (κ3) is 3.79. The normalized spacial score (nSPS) is 29.9. The van der Waals surface area contributed by atoms with Crippen molar-refractivity contribution < 1.29 is 9.90 Å². The van der Waals surface area contributed by atoms with Gasteiger partial charge >= 0.3 is 0 Å². The van der Waals surface area contributed by atoms with Crippen LogP contribution in [0.4, 0.5) is 0 Å². The van der Waals surface area contributed by atoms with Crippen LogP contribution in [0.2, 0.25) is 0 Å². The van der Waals surface area contributed by atoms with Crippen LogP contribution in [0.25, 0.3) is 11.4 Å². The lowest BCUT2D eigenvalue weighted by atomic mass is 9.77. The van der Waals surface area contributed by atoms with Gasteiger partial charge in [-0.15, -0.1) is 0 Å². The van der Waals surface area contributed by atoms with Crippen LogP contribution in [-0.4, -0.2) is 79.3 Å². The van der Waals surface area contributed by atoms with Crippen LogP contribution >= 0.6 is 0 Å². The minimum absolute atomic E-state index is 0.0838. The first-order valence-corrected chi connectivity index (χ1v) is 10.7. The molecule has 154 valence electrons. The maximum Gasteiger partial charge on any atom is 0.230 e. The summed E-state index contributed by atoms with van der Waals surface area (Å²) >= 11 is 0. The number of aromatic amines is 1. The molecule has 0 aromatic carbocycles. The summed E-state index contributed by atoms with van der Waals surface area (Å²) in [5, 5.41) is 17.8. The number of amides is 1. The van der Waals surface area contributed by atoms with E-state index in [2.05, 4.69) is 25.1 Å². The quantitative estimate of drug-likeness (QED) is 0.803. The smallest absolute Gasteiger partial charge is 0.230 e. The molecule has 2 N–H and O–H groups in total. The van der Waals surface area contributed by atoms with E-state index >= 15 is 0 Å². The zero-order chi connectivity index (χ0) is 19.8. The summed E-state index contributed by atoms with van der Waals surface area (Å²) in [6.07, 6.45) is 7.67. The second-order valence-corrected chi connectivity index (χ2v) is 8.69. The third-order valence-corrected chi connectivity index (χ3v) is 6.84. The summed E-state index contributed by atoms with van der Waals surface area (Å²) in [6, 6.07) is 4.01. The summed E-state index contributed by atoms with van der Waals surface area (Å²) in [7, 11) is 0. The highest BCUT2D eigenvalue weighted by Gasteiger charge is 2.44. The van der Waals surface area contributed by atoms with Crippen molar-refractivity contribution in [3.05, 3.63) is 30.4 Å². The molecule has 0 unspecified atom stereocenters. The van der Waals surface area contributed by atoms with E-state index in [9.17, 15) is 9.90 Å². The lowest BCUT2D eigenvalue weighted by Gasteiger charge is -2.40. The number of carbonyl (C=O) groups is 1. The van der Waals surface area contributed by atoms with Gasteiger partial charge in [-0.3, -0.25) is 19.8 Å². The first-order valence-electron chi connectivity index (χ1n) is 10.7. The number of fused-ring (bicyclic) bond motifs is 1. The molecule has 8 nitrogen and oxygen atoms in total. The van der Waals surface area contributed by atoms with Crippen LogP contribution in [0.5, 0.6) is 0 Å². The van der Waals surface area contributed by atoms with Gasteiger partial charge in [-0.1, -0.05) is 0 Å². The number of hydrogen-bond donors (Lipinski definition) is 2. The van der Waals surface area contributed by atoms with Crippen molar-refractivity contribution in [2.75, 3.05) is 26.2 Å². The van der Waals surface area contributed by atoms with Gasteiger partial charge in [-0.05, 0) is 62.7 Å². The van der Waals surface area contributed by atoms with Crippen molar-refractivity contribution >= 4 is 5.91 Å². The number of H-pyrrole nitrogens is 1. The Hall–Kier alpha value is -2.32. The van der Waals surface area contributed by atoms with Crippen molar-refractivity contribution in [3.8, 4) is 11.4 Å². The number of nitrogens with zero attached hydrogens (tertiary/aromatic N) is 5. The highest BCUT2D eigenvalue weighted by molar-refractivity contribution is 5.78. The van der Waals surface area contributed by atoms with Crippen LogP contribution in [0.3, 0.4) is 0 Å². The topological polar surface area (TPSA) is 98.2 Å². The Morgan fingerprint density at radius 3 is 2.76 bits per heavy atom. The maximum absolute atomic E-state index is 12.9. The summed E-state index contributed by atoms with van der Waals surface area (Å²) < 4.78 is 0. The molecule has 1 amide bonds. The number of nitrogens with one attached hydrogen (secondary N) is 1. The van der Waals surface area contributed by atoms with Gasteiger partial charge in [0.2, 0.25) is 5.91 Å². The molecule has 3 aliphatic rings. The molecule has 8 heteroatoms. The van der Waals surface area contributed by atoms with Crippen molar-refractivity contribution in [1.82, 2.24) is 30.0 Å². The summed E-state index contributed by atoms with van der Waals surface area (Å²) in [6.45, 7) is 3.75. The highest BCUT2D eigenvalue weighted by Crippen LogP contribution is 2.39. The first-order chi connectivity index (χ1) is 14.2. The van der Waals surface area contributed by atoms with Crippen LogP contribution in [-0.2, 0) is 11.2 Å². The molecule has 0 radical (unpaired) electrons. The molecule has 2 aromatic rings. The predicted molar refractivity (Wildman–Crippen MR) is 107 cm³/mol. The molecule has 0 spiro atoms. The summed E-state index contributed by atoms with van der Waals surface area (Å²) in [4.78, 5) is 25.8. The number of aromatic nitrogens is 4. The van der Waals surface area contributed by atoms with Gasteiger partial charge in [0, 0.05) is 37.1 Å². The van der Waals surface area contributed by atoms with E-state index in [1.807, 2.05) is 17.0 Å². The second-order valence-electron chi connectivity index (χ2n) is 8.69. The Bertz CT molecular complexity index is 850. The zero-order valence-corrected chi connectivity index (χ0v) is 16.6. The molecule has 4 atom stereocenters. The minimum atomic E-state index is -0.263. The van der Waals surface area contributed by atoms with E-state index in [1.54, 1.807) is 12.4 Å². The number of carbonyl (C=O) groups excluding carboxylic acids is 1. The average Bonchev–Trinajstić information content (AvgIpc) is 3.48. The van der Waals surface area contributed by atoms with Gasteiger partial charge in [0.1, 0.15) is 5.82 Å². The number of aliphatic hydroxyl groups excluding tert-OH is 1. The zero-order valence-electron chi connectivity index (χ0n) is 16.6. The number of pyridine rings is 1. The molecule has 29 heavy (non-hydrogen) atoms. The summed E-state index contributed by atoms with van der Waals surface area (Å²) in [5.41, 5.74) is 0.830. The second kappa shape index (κ2) is 7.84. The number of aliphatic hydroxyl groups is 1. The highest BCUT2D eigenvalue weighted by atomic mass is 16.3. The molecule has 3 fully saturated rings. The lowest BCUT2D eigenvalue weighted by Crippen LogP contribution is -2.48. The van der Waals surface area contributed by atoms with Crippen molar-refractivity contribution in [1.29, 1.82) is 0 Å². The Kier molecular flexibility index (Phi) is 5.05. The number of likely N-dealkylation sites (tertiary alicyclic amines) is 2. The van der Waals surface area contributed by atoms with E-state index < -0.39 is 0 Å². The standard InChI is InChI=1S/C21H28N6O2/c28-18-9-16-13-27(12-15(16)8-17(18)26-6-1-2-7-26)20(29)10-19-23-21(25-24-19)14-4-3-5-22-11-14/h3-5,11,15-18,28H,1-2,6-10,12-13H2,(H,23,24,25)/t15-,16+,17-,18-/m1/s1. The molecular weight excluding hydrogens is 368 g/mol. The maximum atomic E-state index is 12.9. The van der Waals surface area contributed by atoms with Crippen LogP contribution < -0.4 is 0 Å².